The second-order valence-electron chi connectivity index (χ2n) is 3.02. The lowest BCUT2D eigenvalue weighted by Gasteiger charge is -2.08. The molecule has 0 spiro atoms. The summed E-state index contributed by atoms with van der Waals surface area (Å²) < 4.78 is 11.5. The van der Waals surface area contributed by atoms with Crippen LogP contribution in [0.25, 0.3) is 0 Å². The van der Waals surface area contributed by atoms with Gasteiger partial charge in [0.15, 0.2) is 11.5 Å². The summed E-state index contributed by atoms with van der Waals surface area (Å²) in [7, 11) is 0. The third kappa shape index (κ3) is 1.47. The summed E-state index contributed by atoms with van der Waals surface area (Å²) in [6.45, 7) is 2.58. The molecule has 2 N–H and O–H groups in total. The van der Waals surface area contributed by atoms with Gasteiger partial charge in [0.25, 0.3) is 0 Å². The summed E-state index contributed by atoms with van der Waals surface area (Å²) in [5.41, 5.74) is 2.00. The molecular weight excluding hydrogens is 250 g/mol. The monoisotopic (exact) mass is 259 g/mol. The minimum Gasteiger partial charge on any atom is -0.453 e. The van der Waals surface area contributed by atoms with E-state index in [9.17, 15) is 0 Å². The minimum atomic E-state index is 0.266. The Bertz CT molecular complexity index is 368. The fourth-order valence-electron chi connectivity index (χ4n) is 1.45. The quantitative estimate of drug-likeness (QED) is 0.825. The van der Waals surface area contributed by atoms with Gasteiger partial charge in [-0.25, -0.2) is 5.90 Å². The number of rotatable bonds is 2. The molecule has 2 rings (SSSR count). The average molecular weight is 260 g/mol. The van der Waals surface area contributed by atoms with Crippen LogP contribution >= 0.6 is 15.9 Å². The summed E-state index contributed by atoms with van der Waals surface area (Å²) in [4.78, 5) is 4.61. The van der Waals surface area contributed by atoms with Gasteiger partial charge in [0.05, 0.1) is 11.1 Å². The second-order valence-corrected chi connectivity index (χ2v) is 3.87. The molecule has 1 aliphatic rings. The summed E-state index contributed by atoms with van der Waals surface area (Å²) in [6.07, 6.45) is 0. The van der Waals surface area contributed by atoms with Gasteiger partial charge < -0.3 is 9.47 Å². The molecule has 76 valence electrons. The zero-order valence-electron chi connectivity index (χ0n) is 7.67. The Morgan fingerprint density at radius 3 is 2.93 bits per heavy atom. The molecule has 0 aromatic heterocycles. The molecule has 0 saturated carbocycles. The van der Waals surface area contributed by atoms with E-state index in [0.29, 0.717) is 6.61 Å². The van der Waals surface area contributed by atoms with E-state index in [1.807, 2.05) is 13.0 Å². The highest BCUT2D eigenvalue weighted by Gasteiger charge is 2.21. The van der Waals surface area contributed by atoms with Gasteiger partial charge in [-0.1, -0.05) is 0 Å². The smallest absolute Gasteiger partial charge is 0.231 e. The molecule has 0 fully saturated rings. The second kappa shape index (κ2) is 3.76. The normalized spacial score (nSPS) is 13.4. The molecule has 1 aliphatic heterocycles. The van der Waals surface area contributed by atoms with E-state index in [1.165, 1.54) is 0 Å². The molecule has 0 unspecified atom stereocenters. The van der Waals surface area contributed by atoms with E-state index in [1.54, 1.807) is 0 Å². The number of nitrogens with two attached hydrogens (primary N) is 1. The van der Waals surface area contributed by atoms with Crippen molar-refractivity contribution in [1.29, 1.82) is 0 Å². The van der Waals surface area contributed by atoms with Crippen LogP contribution in [0.3, 0.4) is 0 Å². The van der Waals surface area contributed by atoms with E-state index in [4.69, 9.17) is 15.4 Å². The topological polar surface area (TPSA) is 53.7 Å². The standard InChI is InChI=1S/C9H10BrNO3/c1-5-6(3-14-11)2-7(10)9-8(5)12-4-13-9/h2H,3-4,11H2,1H3. The molecule has 0 aliphatic carbocycles. The molecule has 5 heteroatoms. The largest absolute Gasteiger partial charge is 0.453 e. The fourth-order valence-corrected chi connectivity index (χ4v) is 2.02. The Labute approximate surface area is 90.0 Å². The fraction of sp³-hybridized carbons (Fsp3) is 0.333. The maximum Gasteiger partial charge on any atom is 0.231 e. The van der Waals surface area contributed by atoms with Crippen LogP contribution < -0.4 is 15.4 Å². The van der Waals surface area contributed by atoms with Crippen LogP contribution in [0, 0.1) is 6.92 Å². The van der Waals surface area contributed by atoms with Crippen molar-refractivity contribution >= 4 is 15.9 Å². The Hall–Kier alpha value is -0.780. The molecule has 1 aromatic rings. The Morgan fingerprint density at radius 2 is 2.21 bits per heavy atom. The molecule has 0 atom stereocenters. The predicted molar refractivity (Wildman–Crippen MR) is 54.0 cm³/mol. The predicted octanol–water partition coefficient (Wildman–Crippen LogP) is 1.88. The number of ether oxygens (including phenoxy) is 2. The van der Waals surface area contributed by atoms with Gasteiger partial charge in [-0.05, 0) is 34.5 Å². The maximum absolute atomic E-state index is 5.35. The Balaban J connectivity index is 2.50. The average Bonchev–Trinajstić information content (AvgIpc) is 2.63. The first kappa shape index (κ1) is 9.76. The van der Waals surface area contributed by atoms with Crippen molar-refractivity contribution in [1.82, 2.24) is 0 Å². The van der Waals surface area contributed by atoms with Crippen LogP contribution in [0.5, 0.6) is 11.5 Å². The molecule has 1 aromatic carbocycles. The van der Waals surface area contributed by atoms with Gasteiger partial charge >= 0.3 is 0 Å². The van der Waals surface area contributed by atoms with E-state index in [2.05, 4.69) is 20.8 Å². The van der Waals surface area contributed by atoms with E-state index >= 15 is 0 Å². The van der Waals surface area contributed by atoms with Crippen molar-refractivity contribution in [3.05, 3.63) is 21.7 Å². The third-order valence-corrected chi connectivity index (χ3v) is 2.78. The van der Waals surface area contributed by atoms with Gasteiger partial charge in [0, 0.05) is 5.56 Å². The lowest BCUT2D eigenvalue weighted by atomic mass is 10.1. The van der Waals surface area contributed by atoms with Crippen molar-refractivity contribution < 1.29 is 14.3 Å². The van der Waals surface area contributed by atoms with Gasteiger partial charge in [0.1, 0.15) is 0 Å². The molecule has 14 heavy (non-hydrogen) atoms. The highest BCUT2D eigenvalue weighted by molar-refractivity contribution is 9.10. The lowest BCUT2D eigenvalue weighted by molar-refractivity contribution is 0.123. The molecule has 1 heterocycles. The first-order valence-corrected chi connectivity index (χ1v) is 4.92. The van der Waals surface area contributed by atoms with Crippen molar-refractivity contribution in [2.75, 3.05) is 6.79 Å². The summed E-state index contributed by atoms with van der Waals surface area (Å²) >= 11 is 3.40. The van der Waals surface area contributed by atoms with Crippen LogP contribution in [0.15, 0.2) is 10.5 Å². The summed E-state index contributed by atoms with van der Waals surface area (Å²) in [5.74, 6) is 6.56. The Morgan fingerprint density at radius 1 is 1.50 bits per heavy atom. The van der Waals surface area contributed by atoms with Gasteiger partial charge in [-0.3, -0.25) is 4.84 Å². The van der Waals surface area contributed by atoms with E-state index in [0.717, 1.165) is 27.1 Å². The summed E-state index contributed by atoms with van der Waals surface area (Å²) in [6, 6.07) is 1.93. The summed E-state index contributed by atoms with van der Waals surface area (Å²) in [5, 5.41) is 0. The van der Waals surface area contributed by atoms with Crippen molar-refractivity contribution in [3.8, 4) is 11.5 Å². The SMILES string of the molecule is Cc1c(CON)cc(Br)c2c1OCO2. The molecule has 0 bridgehead atoms. The van der Waals surface area contributed by atoms with E-state index in [-0.39, 0.29) is 6.79 Å². The van der Waals surface area contributed by atoms with Crippen molar-refractivity contribution in [2.24, 2.45) is 5.90 Å². The zero-order chi connectivity index (χ0) is 10.1. The van der Waals surface area contributed by atoms with Gasteiger partial charge in [0.2, 0.25) is 6.79 Å². The molecular formula is C9H10BrNO3. The van der Waals surface area contributed by atoms with Gasteiger partial charge in [-0.2, -0.15) is 0 Å². The van der Waals surface area contributed by atoms with E-state index < -0.39 is 0 Å². The van der Waals surface area contributed by atoms with Gasteiger partial charge in [-0.15, -0.1) is 0 Å². The number of fused-ring (bicyclic) bond motifs is 1. The van der Waals surface area contributed by atoms with Crippen molar-refractivity contribution in [3.63, 3.8) is 0 Å². The van der Waals surface area contributed by atoms with Crippen molar-refractivity contribution in [2.45, 2.75) is 13.5 Å². The first-order valence-electron chi connectivity index (χ1n) is 4.13. The highest BCUT2D eigenvalue weighted by Crippen LogP contribution is 2.43. The van der Waals surface area contributed by atoms with Crippen LogP contribution in [0.1, 0.15) is 11.1 Å². The molecule has 0 amide bonds. The van der Waals surface area contributed by atoms with Crippen LogP contribution in [-0.4, -0.2) is 6.79 Å². The molecule has 0 saturated heterocycles. The highest BCUT2D eigenvalue weighted by atomic mass is 79.9. The number of halogens is 1. The lowest BCUT2D eigenvalue weighted by Crippen LogP contribution is -2.01. The number of hydrogen-bond acceptors (Lipinski definition) is 4. The first-order chi connectivity index (χ1) is 6.74. The van der Waals surface area contributed by atoms with Crippen LogP contribution in [0.2, 0.25) is 0 Å². The third-order valence-electron chi connectivity index (χ3n) is 2.19. The minimum absolute atomic E-state index is 0.266. The number of benzene rings is 1. The molecule has 4 nitrogen and oxygen atoms in total. The van der Waals surface area contributed by atoms with Crippen LogP contribution in [0.4, 0.5) is 0 Å². The van der Waals surface area contributed by atoms with Crippen LogP contribution in [-0.2, 0) is 11.4 Å². The maximum atomic E-state index is 5.35. The zero-order valence-corrected chi connectivity index (χ0v) is 9.26. The molecule has 0 radical (unpaired) electrons. The number of hydrogen-bond donors (Lipinski definition) is 1. The Kier molecular flexibility index (Phi) is 2.62.